The number of nitrogens with zero attached hydrogens (tertiary/aromatic N) is 3. The lowest BCUT2D eigenvalue weighted by Gasteiger charge is -2.40. The van der Waals surface area contributed by atoms with Gasteiger partial charge in [0.1, 0.15) is 0 Å². The molecule has 3 atom stereocenters. The standard InChI is InChI=1S/C18H28N4O3S/c1-12(2)5-16-15(18(25)20-3-4-23)6-13-8-21(10-17(24)22(13)16)9-14-7-19-11-26-14/h7,11-13,15-16,23H,3-6,8-10H2,1-2H3,(H,20,25)/t13-,15-,16-/m1/s1. The van der Waals surface area contributed by atoms with Gasteiger partial charge in [0.2, 0.25) is 11.8 Å². The minimum atomic E-state index is -0.193. The molecule has 2 aliphatic rings. The first-order valence-electron chi connectivity index (χ1n) is 9.29. The van der Waals surface area contributed by atoms with Gasteiger partial charge in [0.15, 0.2) is 0 Å². The van der Waals surface area contributed by atoms with E-state index < -0.39 is 0 Å². The minimum Gasteiger partial charge on any atom is -0.395 e. The fourth-order valence-corrected chi connectivity index (χ4v) is 4.86. The zero-order valence-electron chi connectivity index (χ0n) is 15.4. The average molecular weight is 381 g/mol. The number of carbonyl (C=O) groups is 2. The van der Waals surface area contributed by atoms with Crippen molar-refractivity contribution in [2.24, 2.45) is 11.8 Å². The van der Waals surface area contributed by atoms with E-state index in [1.165, 1.54) is 0 Å². The molecule has 0 unspecified atom stereocenters. The molecule has 2 N–H and O–H groups in total. The van der Waals surface area contributed by atoms with Crippen LogP contribution in [0, 0.1) is 11.8 Å². The predicted molar refractivity (Wildman–Crippen MR) is 99.5 cm³/mol. The van der Waals surface area contributed by atoms with Gasteiger partial charge in [-0.05, 0) is 18.8 Å². The van der Waals surface area contributed by atoms with Gasteiger partial charge < -0.3 is 15.3 Å². The third-order valence-electron chi connectivity index (χ3n) is 5.18. The van der Waals surface area contributed by atoms with Crippen LogP contribution in [0.25, 0.3) is 0 Å². The molecule has 0 radical (unpaired) electrons. The van der Waals surface area contributed by atoms with Crippen molar-refractivity contribution in [3.63, 3.8) is 0 Å². The zero-order chi connectivity index (χ0) is 18.7. The lowest BCUT2D eigenvalue weighted by molar-refractivity contribution is -0.141. The highest BCUT2D eigenvalue weighted by molar-refractivity contribution is 7.09. The zero-order valence-corrected chi connectivity index (χ0v) is 16.2. The van der Waals surface area contributed by atoms with Gasteiger partial charge in [0.25, 0.3) is 0 Å². The van der Waals surface area contributed by atoms with E-state index in [1.54, 1.807) is 11.3 Å². The summed E-state index contributed by atoms with van der Waals surface area (Å²) in [6, 6.07) is 0.0366. The Bertz CT molecular complexity index is 622. The van der Waals surface area contributed by atoms with Gasteiger partial charge in [-0.25, -0.2) is 0 Å². The molecule has 0 aliphatic carbocycles. The Morgan fingerprint density at radius 1 is 1.50 bits per heavy atom. The Kier molecular flexibility index (Phi) is 6.26. The molecule has 0 bridgehead atoms. The van der Waals surface area contributed by atoms with Crippen molar-refractivity contribution in [1.29, 1.82) is 0 Å². The molecule has 1 aromatic heterocycles. The van der Waals surface area contributed by atoms with E-state index in [0.717, 1.165) is 24.4 Å². The number of nitrogens with one attached hydrogen (secondary N) is 1. The van der Waals surface area contributed by atoms with Gasteiger partial charge >= 0.3 is 0 Å². The van der Waals surface area contributed by atoms with Gasteiger partial charge in [-0.2, -0.15) is 0 Å². The monoisotopic (exact) mass is 380 g/mol. The molecule has 0 saturated carbocycles. The van der Waals surface area contributed by atoms with Crippen molar-refractivity contribution >= 4 is 23.2 Å². The topological polar surface area (TPSA) is 85.8 Å². The largest absolute Gasteiger partial charge is 0.395 e. The maximum absolute atomic E-state index is 12.9. The maximum Gasteiger partial charge on any atom is 0.237 e. The van der Waals surface area contributed by atoms with Crippen LogP contribution in [0.15, 0.2) is 11.7 Å². The highest BCUT2D eigenvalue weighted by atomic mass is 32.1. The second-order valence-electron chi connectivity index (χ2n) is 7.65. The number of aliphatic hydroxyl groups is 1. The SMILES string of the molecule is CC(C)C[C@@H]1[C@H](C(=O)NCCO)C[C@@H]2CN(Cc3cncs3)CC(=O)N21. The van der Waals surface area contributed by atoms with Crippen LogP contribution in [0.5, 0.6) is 0 Å². The third-order valence-corrected chi connectivity index (χ3v) is 5.94. The maximum atomic E-state index is 12.9. The number of rotatable bonds is 7. The lowest BCUT2D eigenvalue weighted by atomic mass is 9.91. The number of aliphatic hydroxyl groups excluding tert-OH is 1. The van der Waals surface area contributed by atoms with Crippen molar-refractivity contribution in [2.45, 2.75) is 45.3 Å². The van der Waals surface area contributed by atoms with E-state index in [4.69, 9.17) is 5.11 Å². The molecule has 2 aliphatic heterocycles. The van der Waals surface area contributed by atoms with Gasteiger partial charge in [-0.15, -0.1) is 11.3 Å². The molecule has 2 fully saturated rings. The van der Waals surface area contributed by atoms with Gasteiger partial charge in [-0.1, -0.05) is 13.8 Å². The van der Waals surface area contributed by atoms with Crippen molar-refractivity contribution < 1.29 is 14.7 Å². The number of aromatic nitrogens is 1. The number of fused-ring (bicyclic) bond motifs is 1. The molecule has 2 amide bonds. The summed E-state index contributed by atoms with van der Waals surface area (Å²) < 4.78 is 0. The summed E-state index contributed by atoms with van der Waals surface area (Å²) in [4.78, 5) is 34.9. The molecule has 0 aromatic carbocycles. The quantitative estimate of drug-likeness (QED) is 0.727. The Morgan fingerprint density at radius 3 is 2.96 bits per heavy atom. The fraction of sp³-hybridized carbons (Fsp3) is 0.722. The van der Waals surface area contributed by atoms with Crippen LogP contribution in [0.4, 0.5) is 0 Å². The first-order chi connectivity index (χ1) is 12.5. The first kappa shape index (κ1) is 19.3. The summed E-state index contributed by atoms with van der Waals surface area (Å²) in [7, 11) is 0. The predicted octanol–water partition coefficient (Wildman–Crippen LogP) is 0.699. The average Bonchev–Trinajstić information content (AvgIpc) is 3.20. The highest BCUT2D eigenvalue weighted by Gasteiger charge is 2.49. The van der Waals surface area contributed by atoms with E-state index in [9.17, 15) is 9.59 Å². The summed E-state index contributed by atoms with van der Waals surface area (Å²) in [6.07, 6.45) is 3.37. The molecular weight excluding hydrogens is 352 g/mol. The number of hydrogen-bond donors (Lipinski definition) is 2. The second-order valence-corrected chi connectivity index (χ2v) is 8.62. The molecule has 0 spiro atoms. The second kappa shape index (κ2) is 8.45. The molecule has 144 valence electrons. The number of thiazole rings is 1. The molecular formula is C18H28N4O3S. The van der Waals surface area contributed by atoms with Crippen LogP contribution in [0.1, 0.15) is 31.6 Å². The first-order valence-corrected chi connectivity index (χ1v) is 10.2. The van der Waals surface area contributed by atoms with Crippen LogP contribution in [0.2, 0.25) is 0 Å². The number of hydrogen-bond acceptors (Lipinski definition) is 6. The lowest BCUT2D eigenvalue weighted by Crippen LogP contribution is -2.56. The smallest absolute Gasteiger partial charge is 0.237 e. The Hall–Kier alpha value is -1.51. The molecule has 26 heavy (non-hydrogen) atoms. The summed E-state index contributed by atoms with van der Waals surface area (Å²) >= 11 is 1.60. The minimum absolute atomic E-state index is 0.0408. The summed E-state index contributed by atoms with van der Waals surface area (Å²) in [6.45, 7) is 6.37. The van der Waals surface area contributed by atoms with Crippen molar-refractivity contribution in [3.8, 4) is 0 Å². The van der Waals surface area contributed by atoms with E-state index >= 15 is 0 Å². The van der Waals surface area contributed by atoms with Crippen molar-refractivity contribution in [2.75, 3.05) is 26.2 Å². The van der Waals surface area contributed by atoms with Crippen molar-refractivity contribution in [3.05, 3.63) is 16.6 Å². The van der Waals surface area contributed by atoms with Crippen LogP contribution in [0.3, 0.4) is 0 Å². The molecule has 3 heterocycles. The summed E-state index contributed by atoms with van der Waals surface area (Å²) in [5.74, 6) is 0.297. The van der Waals surface area contributed by atoms with Crippen LogP contribution in [-0.4, -0.2) is 70.0 Å². The Labute approximate surface area is 158 Å². The Balaban J connectivity index is 1.73. The summed E-state index contributed by atoms with van der Waals surface area (Å²) in [5, 5.41) is 11.8. The van der Waals surface area contributed by atoms with Crippen LogP contribution in [-0.2, 0) is 16.1 Å². The number of amides is 2. The Morgan fingerprint density at radius 2 is 2.31 bits per heavy atom. The van der Waals surface area contributed by atoms with E-state index in [1.807, 2.05) is 16.6 Å². The van der Waals surface area contributed by atoms with E-state index in [2.05, 4.69) is 29.0 Å². The van der Waals surface area contributed by atoms with Gasteiger partial charge in [0.05, 0.1) is 24.6 Å². The fourth-order valence-electron chi connectivity index (χ4n) is 4.23. The van der Waals surface area contributed by atoms with E-state index in [-0.39, 0.29) is 43.0 Å². The molecule has 3 rings (SSSR count). The van der Waals surface area contributed by atoms with Gasteiger partial charge in [-0.3, -0.25) is 19.5 Å². The van der Waals surface area contributed by atoms with Crippen LogP contribution >= 0.6 is 11.3 Å². The third kappa shape index (κ3) is 4.24. The van der Waals surface area contributed by atoms with Gasteiger partial charge in [0, 0.05) is 42.8 Å². The normalized spacial score (nSPS) is 26.4. The highest BCUT2D eigenvalue weighted by Crippen LogP contribution is 2.36. The number of piperazine rings is 1. The molecule has 8 heteroatoms. The van der Waals surface area contributed by atoms with Crippen LogP contribution < -0.4 is 5.32 Å². The molecule has 7 nitrogen and oxygen atoms in total. The molecule has 2 saturated heterocycles. The van der Waals surface area contributed by atoms with E-state index in [0.29, 0.717) is 18.9 Å². The molecule has 1 aromatic rings. The number of carbonyl (C=O) groups excluding carboxylic acids is 2. The van der Waals surface area contributed by atoms with Crippen molar-refractivity contribution in [1.82, 2.24) is 20.1 Å². The summed E-state index contributed by atoms with van der Waals surface area (Å²) in [5.41, 5.74) is 1.81.